The summed E-state index contributed by atoms with van der Waals surface area (Å²) in [5, 5.41) is 11.4. The monoisotopic (exact) mass is 190 g/mol. The van der Waals surface area contributed by atoms with E-state index in [-0.39, 0.29) is 0 Å². The highest BCUT2D eigenvalue weighted by molar-refractivity contribution is 4.44. The molecule has 13 heavy (non-hydrogen) atoms. The van der Waals surface area contributed by atoms with Crippen LogP contribution in [0, 0.1) is 0 Å². The molecule has 0 aliphatic rings. The third-order valence-electron chi connectivity index (χ3n) is 1.13. The maximum atomic E-state index is 8.16. The summed E-state index contributed by atoms with van der Waals surface area (Å²) >= 11 is 0. The van der Waals surface area contributed by atoms with Crippen molar-refractivity contribution in [1.82, 2.24) is 5.48 Å². The first kappa shape index (κ1) is 12.2. The third kappa shape index (κ3) is 11.1. The van der Waals surface area contributed by atoms with Gasteiger partial charge in [0.2, 0.25) is 0 Å². The van der Waals surface area contributed by atoms with Crippen molar-refractivity contribution in [3.8, 4) is 0 Å². The number of nitrogens with zero attached hydrogens (tertiary/aromatic N) is 3. The molecule has 0 saturated heterocycles. The minimum Gasteiger partial charge on any atom is -0.379 e. The van der Waals surface area contributed by atoms with Crippen molar-refractivity contribution in [3.63, 3.8) is 0 Å². The number of hydrogen-bond donors (Lipinski definition) is 2. The first-order valence-electron chi connectivity index (χ1n) is 3.95. The maximum absolute atomic E-state index is 8.16. The summed E-state index contributed by atoms with van der Waals surface area (Å²) < 4.78 is 10.1. The first-order chi connectivity index (χ1) is 6.41. The molecule has 0 aliphatic carbocycles. The number of nitrogens with one attached hydrogen (secondary N) is 1. The number of hydrogen-bond acceptors (Lipinski definition) is 5. The molecule has 0 atom stereocenters. The molecule has 76 valence electrons. The zero-order valence-corrected chi connectivity index (χ0v) is 7.35. The molecule has 0 spiro atoms. The van der Waals surface area contributed by atoms with Crippen LogP contribution in [0.4, 0.5) is 0 Å². The molecule has 0 aliphatic heterocycles. The molecule has 0 aromatic heterocycles. The van der Waals surface area contributed by atoms with Gasteiger partial charge in [0, 0.05) is 18.0 Å². The predicted molar refractivity (Wildman–Crippen MR) is 45.4 cm³/mol. The van der Waals surface area contributed by atoms with Crippen LogP contribution in [0.15, 0.2) is 5.11 Å². The molecule has 0 saturated carbocycles. The van der Waals surface area contributed by atoms with Gasteiger partial charge >= 0.3 is 0 Å². The van der Waals surface area contributed by atoms with Crippen LogP contribution in [0.5, 0.6) is 0 Å². The topological polar surface area (TPSA) is 99.5 Å². The molecule has 0 aromatic rings. The Hall–Kier alpha value is -0.850. The summed E-state index contributed by atoms with van der Waals surface area (Å²) in [6, 6.07) is 0. The van der Waals surface area contributed by atoms with Gasteiger partial charge in [-0.15, -0.1) is 0 Å². The zero-order valence-electron chi connectivity index (χ0n) is 7.35. The second-order valence-corrected chi connectivity index (χ2v) is 2.09. The Morgan fingerprint density at radius 3 is 2.54 bits per heavy atom. The molecule has 7 nitrogen and oxygen atoms in total. The molecular weight excluding hydrogens is 176 g/mol. The van der Waals surface area contributed by atoms with Crippen molar-refractivity contribution in [2.24, 2.45) is 5.11 Å². The Kier molecular flexibility index (Phi) is 10.4. The van der Waals surface area contributed by atoms with Crippen LogP contribution in [0.2, 0.25) is 0 Å². The number of ether oxygens (including phenoxy) is 2. The Morgan fingerprint density at radius 2 is 1.92 bits per heavy atom. The highest BCUT2D eigenvalue weighted by Gasteiger charge is 1.88. The van der Waals surface area contributed by atoms with Crippen molar-refractivity contribution in [1.29, 1.82) is 0 Å². The molecule has 0 bridgehead atoms. The number of rotatable bonds is 9. The Balaban J connectivity index is 2.87. The largest absolute Gasteiger partial charge is 0.379 e. The molecule has 0 aromatic carbocycles. The molecule has 2 N–H and O–H groups in total. The van der Waals surface area contributed by atoms with Gasteiger partial charge in [-0.25, -0.2) is 5.48 Å². The van der Waals surface area contributed by atoms with E-state index >= 15 is 0 Å². The molecular formula is C6H14N4O3. The van der Waals surface area contributed by atoms with E-state index < -0.39 is 0 Å². The smallest absolute Gasteiger partial charge is 0.0701 e. The van der Waals surface area contributed by atoms with E-state index in [2.05, 4.69) is 10.0 Å². The predicted octanol–water partition coefficient (Wildman–Crippen LogP) is 0.309. The van der Waals surface area contributed by atoms with Crippen LogP contribution in [0.1, 0.15) is 0 Å². The van der Waals surface area contributed by atoms with Gasteiger partial charge in [0.25, 0.3) is 0 Å². The number of hydroxylamine groups is 1. The van der Waals surface area contributed by atoms with Gasteiger partial charge in [-0.1, -0.05) is 5.11 Å². The first-order valence-corrected chi connectivity index (χ1v) is 3.95. The minimum absolute atomic E-state index is 0.342. The molecule has 0 radical (unpaired) electrons. The molecule has 0 unspecified atom stereocenters. The summed E-state index contributed by atoms with van der Waals surface area (Å²) in [6.45, 7) is 2.53. The SMILES string of the molecule is [N-]=[N+]=NCCOCCOCCNO. The van der Waals surface area contributed by atoms with Crippen molar-refractivity contribution in [2.75, 3.05) is 39.5 Å². The van der Waals surface area contributed by atoms with Crippen molar-refractivity contribution in [2.45, 2.75) is 0 Å². The lowest BCUT2D eigenvalue weighted by Gasteiger charge is -2.03. The van der Waals surface area contributed by atoms with E-state index in [0.717, 1.165) is 0 Å². The minimum atomic E-state index is 0.342. The summed E-state index contributed by atoms with van der Waals surface area (Å²) in [4.78, 5) is 2.57. The van der Waals surface area contributed by atoms with Crippen molar-refractivity contribution < 1.29 is 14.7 Å². The highest BCUT2D eigenvalue weighted by atomic mass is 16.5. The van der Waals surface area contributed by atoms with E-state index in [1.807, 2.05) is 5.48 Å². The second kappa shape index (κ2) is 11.2. The van der Waals surface area contributed by atoms with Crippen molar-refractivity contribution >= 4 is 0 Å². The van der Waals surface area contributed by atoms with Gasteiger partial charge < -0.3 is 14.7 Å². The summed E-state index contributed by atoms with van der Waals surface area (Å²) in [6.07, 6.45) is 0. The lowest BCUT2D eigenvalue weighted by Crippen LogP contribution is -2.16. The van der Waals surface area contributed by atoms with E-state index in [0.29, 0.717) is 39.5 Å². The van der Waals surface area contributed by atoms with Gasteiger partial charge in [0.15, 0.2) is 0 Å². The maximum Gasteiger partial charge on any atom is 0.0701 e. The Labute approximate surface area is 76.2 Å². The van der Waals surface area contributed by atoms with E-state index in [9.17, 15) is 0 Å². The normalized spacial score (nSPS) is 9.62. The van der Waals surface area contributed by atoms with Gasteiger partial charge in [0.1, 0.15) is 0 Å². The Morgan fingerprint density at radius 1 is 1.23 bits per heavy atom. The molecule has 7 heteroatoms. The molecule has 0 amide bonds. The molecule has 0 fully saturated rings. The van der Waals surface area contributed by atoms with Crippen LogP contribution >= 0.6 is 0 Å². The van der Waals surface area contributed by atoms with Crippen LogP contribution < -0.4 is 5.48 Å². The summed E-state index contributed by atoms with van der Waals surface area (Å²) in [5.41, 5.74) is 9.88. The van der Waals surface area contributed by atoms with Crippen LogP contribution in [-0.2, 0) is 9.47 Å². The standard InChI is InChI=1S/C6H14N4O3/c7-10-8-1-3-12-5-6-13-4-2-9-11/h9,11H,1-6H2. The van der Waals surface area contributed by atoms with E-state index in [4.69, 9.17) is 20.2 Å². The average molecular weight is 190 g/mol. The van der Waals surface area contributed by atoms with E-state index in [1.165, 1.54) is 0 Å². The fourth-order valence-electron chi connectivity index (χ4n) is 0.590. The van der Waals surface area contributed by atoms with Crippen molar-refractivity contribution in [3.05, 3.63) is 10.4 Å². The number of azide groups is 1. The summed E-state index contributed by atoms with van der Waals surface area (Å²) in [7, 11) is 0. The van der Waals surface area contributed by atoms with Crippen LogP contribution in [0.3, 0.4) is 0 Å². The van der Waals surface area contributed by atoms with Gasteiger partial charge in [0.05, 0.1) is 26.4 Å². The summed E-state index contributed by atoms with van der Waals surface area (Å²) in [5.74, 6) is 0. The van der Waals surface area contributed by atoms with Gasteiger partial charge in [-0.3, -0.25) is 0 Å². The second-order valence-electron chi connectivity index (χ2n) is 2.09. The molecule has 0 heterocycles. The average Bonchev–Trinajstić information content (AvgIpc) is 2.16. The quantitative estimate of drug-likeness (QED) is 0.180. The Bertz CT molecular complexity index is 149. The lowest BCUT2D eigenvalue weighted by atomic mass is 10.7. The zero-order chi connectivity index (χ0) is 9.78. The van der Waals surface area contributed by atoms with Crippen LogP contribution in [0.25, 0.3) is 10.4 Å². The highest BCUT2D eigenvalue weighted by Crippen LogP contribution is 1.79. The molecule has 0 rings (SSSR count). The van der Waals surface area contributed by atoms with Gasteiger partial charge in [-0.2, -0.15) is 0 Å². The lowest BCUT2D eigenvalue weighted by molar-refractivity contribution is 0.0394. The fraction of sp³-hybridized carbons (Fsp3) is 1.00. The van der Waals surface area contributed by atoms with Gasteiger partial charge in [-0.05, 0) is 5.53 Å². The van der Waals surface area contributed by atoms with Crippen LogP contribution in [-0.4, -0.2) is 44.7 Å². The third-order valence-corrected chi connectivity index (χ3v) is 1.13. The fourth-order valence-corrected chi connectivity index (χ4v) is 0.590. The van der Waals surface area contributed by atoms with E-state index in [1.54, 1.807) is 0 Å².